The molecule has 0 radical (unpaired) electrons. The summed E-state index contributed by atoms with van der Waals surface area (Å²) in [5.74, 6) is -0.814. The van der Waals surface area contributed by atoms with Gasteiger partial charge in [0.15, 0.2) is 6.10 Å². The summed E-state index contributed by atoms with van der Waals surface area (Å²) in [6.45, 7) is 4.30. The zero-order valence-corrected chi connectivity index (χ0v) is 55.5. The molecule has 9 nitrogen and oxygen atoms in total. The normalized spacial score (nSPS) is 14.0. The molecule has 0 spiro atoms. The molecule has 0 aromatic carbocycles. The Hall–Kier alpha value is -3.85. The summed E-state index contributed by atoms with van der Waals surface area (Å²) in [4.78, 5) is 35.8. The molecule has 2 atom stereocenters. The van der Waals surface area contributed by atoms with Crippen molar-refractivity contribution in [3.63, 3.8) is 0 Å². The van der Waals surface area contributed by atoms with Gasteiger partial charge in [-0.05, 0) is 116 Å². The van der Waals surface area contributed by atoms with Gasteiger partial charge in [-0.15, -0.1) is 0 Å². The number of rotatable bonds is 61. The number of hydrogen-bond donors (Lipinski definition) is 1. The fourth-order valence-electron chi connectivity index (χ4n) is 8.98. The highest BCUT2D eigenvalue weighted by molar-refractivity contribution is 7.47. The number of nitrogens with zero attached hydrogens (tertiary/aromatic N) is 1. The van der Waals surface area contributed by atoms with Crippen LogP contribution in [0.5, 0.6) is 0 Å². The largest absolute Gasteiger partial charge is 0.472 e. The lowest BCUT2D eigenvalue weighted by Crippen LogP contribution is -2.37. The van der Waals surface area contributed by atoms with Crippen molar-refractivity contribution in [3.8, 4) is 0 Å². The van der Waals surface area contributed by atoms with Crippen LogP contribution in [-0.2, 0) is 32.7 Å². The minimum absolute atomic E-state index is 0.0240. The maximum absolute atomic E-state index is 12.9. The molecule has 0 saturated heterocycles. The smallest absolute Gasteiger partial charge is 0.462 e. The van der Waals surface area contributed by atoms with Gasteiger partial charge in [0.1, 0.15) is 19.8 Å². The summed E-state index contributed by atoms with van der Waals surface area (Å²) in [6, 6.07) is 0. The summed E-state index contributed by atoms with van der Waals surface area (Å²) in [5, 5.41) is 0. The second-order valence-electron chi connectivity index (χ2n) is 23.5. The highest BCUT2D eigenvalue weighted by Gasteiger charge is 2.27. The molecule has 0 aliphatic heterocycles. The number of carbonyl (C=O) groups is 2. The summed E-state index contributed by atoms with van der Waals surface area (Å²) in [7, 11) is 1.46. The van der Waals surface area contributed by atoms with Crippen molar-refractivity contribution in [2.75, 3.05) is 47.5 Å². The Labute approximate surface area is 517 Å². The molecule has 0 aliphatic rings. The predicted molar refractivity (Wildman–Crippen MR) is 362 cm³/mol. The Morgan fingerprint density at radius 2 is 0.679 bits per heavy atom. The fourth-order valence-corrected chi connectivity index (χ4v) is 9.72. The van der Waals surface area contributed by atoms with Crippen molar-refractivity contribution in [2.45, 2.75) is 277 Å². The molecule has 2 unspecified atom stereocenters. The van der Waals surface area contributed by atoms with E-state index in [1.165, 1.54) is 122 Å². The number of carbonyl (C=O) groups excluding carboxylic acids is 2. The third-order valence-corrected chi connectivity index (χ3v) is 15.1. The molecular weight excluding hydrogens is 1060 g/mol. The average molecular weight is 1190 g/mol. The number of phosphoric acid groups is 1. The first-order valence-electron chi connectivity index (χ1n) is 33.9. The van der Waals surface area contributed by atoms with E-state index in [1.807, 2.05) is 21.1 Å². The number of unbranched alkanes of at least 4 members (excludes halogenated alkanes) is 25. The Kier molecular flexibility index (Phi) is 60.7. The van der Waals surface area contributed by atoms with Crippen LogP contribution in [0.1, 0.15) is 271 Å². The van der Waals surface area contributed by atoms with E-state index in [0.29, 0.717) is 17.4 Å². The van der Waals surface area contributed by atoms with Crippen molar-refractivity contribution in [1.82, 2.24) is 0 Å². The van der Waals surface area contributed by atoms with Gasteiger partial charge in [-0.1, -0.05) is 276 Å². The van der Waals surface area contributed by atoms with Crippen LogP contribution in [0.4, 0.5) is 0 Å². The van der Waals surface area contributed by atoms with E-state index in [0.717, 1.165) is 116 Å². The van der Waals surface area contributed by atoms with Crippen LogP contribution in [0, 0.1) is 0 Å². The molecule has 0 heterocycles. The zero-order valence-electron chi connectivity index (χ0n) is 54.6. The van der Waals surface area contributed by atoms with Crippen molar-refractivity contribution in [2.24, 2.45) is 0 Å². The van der Waals surface area contributed by atoms with E-state index in [4.69, 9.17) is 18.5 Å². The molecule has 0 aromatic heterocycles. The van der Waals surface area contributed by atoms with Crippen LogP contribution < -0.4 is 0 Å². The van der Waals surface area contributed by atoms with E-state index in [9.17, 15) is 19.0 Å². The first-order valence-corrected chi connectivity index (χ1v) is 35.4. The lowest BCUT2D eigenvalue weighted by atomic mass is 10.0. The number of phosphoric ester groups is 1. The Bertz CT molecular complexity index is 1880. The standard InChI is InChI=1S/C74H126NO8P/c1-6-8-10-12-14-16-18-20-22-24-26-28-29-30-31-32-33-34-35-36-37-38-39-40-41-42-43-44-45-47-49-51-53-55-57-59-61-63-65-67-74(77)83-72(71-82-84(78,79)81-69-68-75(3,4)5)70-80-73(76)66-64-62-60-58-56-54-52-50-48-46-27-25-23-21-19-17-15-13-11-9-7-2/h8,10,14,16,19-22,25-28,30-31,33-34,36-37,39-40,48,50,72H,6-7,9,11-13,15,17-18,23-24,29,32,35,38,41-47,49,51-71H2,1-5H3/p+1/b10-8-,16-14-,21-19-,22-20-,27-25-,28-26-,31-30-,34-33-,37-36-,40-39-,50-48-. The molecular formula is C74H127NO8P+. The van der Waals surface area contributed by atoms with Crippen LogP contribution in [0.3, 0.4) is 0 Å². The molecule has 0 fully saturated rings. The molecule has 0 rings (SSSR count). The first kappa shape index (κ1) is 80.2. The van der Waals surface area contributed by atoms with Gasteiger partial charge >= 0.3 is 19.8 Å². The second-order valence-corrected chi connectivity index (χ2v) is 24.9. The van der Waals surface area contributed by atoms with Gasteiger partial charge in [-0.2, -0.15) is 0 Å². The number of esters is 2. The minimum atomic E-state index is -4.40. The topological polar surface area (TPSA) is 108 Å². The van der Waals surface area contributed by atoms with E-state index >= 15 is 0 Å². The van der Waals surface area contributed by atoms with Gasteiger partial charge < -0.3 is 18.9 Å². The first-order chi connectivity index (χ1) is 41.0. The van der Waals surface area contributed by atoms with E-state index in [-0.39, 0.29) is 32.0 Å². The lowest BCUT2D eigenvalue weighted by molar-refractivity contribution is -0.870. The Morgan fingerprint density at radius 1 is 0.381 bits per heavy atom. The van der Waals surface area contributed by atoms with Crippen molar-refractivity contribution < 1.29 is 42.1 Å². The molecule has 84 heavy (non-hydrogen) atoms. The lowest BCUT2D eigenvalue weighted by Gasteiger charge is -2.24. The van der Waals surface area contributed by atoms with Gasteiger partial charge in [0, 0.05) is 12.8 Å². The molecule has 10 heteroatoms. The van der Waals surface area contributed by atoms with Crippen LogP contribution in [0.25, 0.3) is 0 Å². The van der Waals surface area contributed by atoms with Crippen LogP contribution in [-0.4, -0.2) is 74.9 Å². The molecule has 0 saturated carbocycles. The fraction of sp³-hybridized carbons (Fsp3) is 0.676. The van der Waals surface area contributed by atoms with Crippen LogP contribution in [0.15, 0.2) is 134 Å². The third-order valence-electron chi connectivity index (χ3n) is 14.2. The quantitative estimate of drug-likeness (QED) is 0.0211. The molecule has 0 bridgehead atoms. The van der Waals surface area contributed by atoms with Gasteiger partial charge in [-0.3, -0.25) is 18.6 Å². The van der Waals surface area contributed by atoms with Crippen molar-refractivity contribution in [3.05, 3.63) is 134 Å². The van der Waals surface area contributed by atoms with E-state index in [1.54, 1.807) is 0 Å². The van der Waals surface area contributed by atoms with E-state index in [2.05, 4.69) is 148 Å². The zero-order chi connectivity index (χ0) is 61.2. The molecule has 480 valence electrons. The number of hydrogen-bond acceptors (Lipinski definition) is 7. The highest BCUT2D eigenvalue weighted by atomic mass is 31.2. The molecule has 0 amide bonds. The number of allylic oxidation sites excluding steroid dienone is 22. The summed E-state index contributed by atoms with van der Waals surface area (Å²) < 4.78 is 34.7. The van der Waals surface area contributed by atoms with Gasteiger partial charge in [0.05, 0.1) is 27.7 Å². The molecule has 0 aliphatic carbocycles. The Balaban J connectivity index is 4.08. The maximum Gasteiger partial charge on any atom is 0.472 e. The second kappa shape index (κ2) is 63.6. The molecule has 1 N–H and O–H groups in total. The van der Waals surface area contributed by atoms with E-state index < -0.39 is 26.5 Å². The maximum atomic E-state index is 12.9. The number of quaternary nitrogens is 1. The predicted octanol–water partition coefficient (Wildman–Crippen LogP) is 22.0. The van der Waals surface area contributed by atoms with Gasteiger partial charge in [0.25, 0.3) is 0 Å². The minimum Gasteiger partial charge on any atom is -0.462 e. The van der Waals surface area contributed by atoms with Crippen LogP contribution in [0.2, 0.25) is 0 Å². The average Bonchev–Trinajstić information content (AvgIpc) is 3.61. The van der Waals surface area contributed by atoms with Crippen LogP contribution >= 0.6 is 7.82 Å². The van der Waals surface area contributed by atoms with Gasteiger partial charge in [0.2, 0.25) is 0 Å². The number of ether oxygens (including phenoxy) is 2. The monoisotopic (exact) mass is 1190 g/mol. The Morgan fingerprint density at radius 3 is 1.01 bits per heavy atom. The van der Waals surface area contributed by atoms with Crippen molar-refractivity contribution in [1.29, 1.82) is 0 Å². The van der Waals surface area contributed by atoms with Crippen molar-refractivity contribution >= 4 is 19.8 Å². The highest BCUT2D eigenvalue weighted by Crippen LogP contribution is 2.43. The third kappa shape index (κ3) is 67.3. The number of likely N-dealkylation sites (N-methyl/N-ethyl adjacent to an activating group) is 1. The summed E-state index contributed by atoms with van der Waals surface area (Å²) >= 11 is 0. The summed E-state index contributed by atoms with van der Waals surface area (Å²) in [5.41, 5.74) is 0. The van der Waals surface area contributed by atoms with Gasteiger partial charge in [-0.25, -0.2) is 4.57 Å². The summed E-state index contributed by atoms with van der Waals surface area (Å²) in [6.07, 6.45) is 92.6. The molecule has 0 aromatic rings. The SMILES string of the molecule is CC/C=C\C/C=C\C/C=C\C/C=C\C/C=C\C/C=C\C/C=C\C/C=C\CCCCCCCCCCCCCCCCC(=O)OC(COC(=O)CCCCCCCC/C=C\C/C=C\C/C=C\CCCCCCC)COP(=O)(O)OCC[N+](C)(C)C.